The summed E-state index contributed by atoms with van der Waals surface area (Å²) in [6.45, 7) is 5.96. The second-order valence-electron chi connectivity index (χ2n) is 5.20. The van der Waals surface area contributed by atoms with Gasteiger partial charge in [0, 0.05) is 17.2 Å². The van der Waals surface area contributed by atoms with Crippen molar-refractivity contribution in [3.05, 3.63) is 27.9 Å². The van der Waals surface area contributed by atoms with Crippen LogP contribution in [0.15, 0.2) is 12.1 Å². The molecule has 3 atom stereocenters. The molecule has 0 saturated heterocycles. The van der Waals surface area contributed by atoms with Gasteiger partial charge in [-0.05, 0) is 34.9 Å². The minimum Gasteiger partial charge on any atom is -0.482 e. The standard InChI is InChI=1S/C13H17BrN2O3/c1-4-13(3)10(14)7-11(13)19-9-6-5-8(2)15-12(9)16(17)18/h5-6,10-11H,4,7H2,1-3H3. The number of nitro groups is 1. The minimum absolute atomic E-state index is 0.00918. The molecule has 1 saturated carbocycles. The van der Waals surface area contributed by atoms with Crippen LogP contribution < -0.4 is 4.74 Å². The van der Waals surface area contributed by atoms with Crippen molar-refractivity contribution in [2.75, 3.05) is 0 Å². The summed E-state index contributed by atoms with van der Waals surface area (Å²) in [6, 6.07) is 3.37. The van der Waals surface area contributed by atoms with Crippen LogP contribution in [0.5, 0.6) is 5.75 Å². The summed E-state index contributed by atoms with van der Waals surface area (Å²) >= 11 is 3.63. The van der Waals surface area contributed by atoms with Crippen molar-refractivity contribution >= 4 is 21.7 Å². The molecule has 1 aromatic heterocycles. The summed E-state index contributed by atoms with van der Waals surface area (Å²) in [7, 11) is 0. The molecule has 0 aliphatic heterocycles. The van der Waals surface area contributed by atoms with Crippen LogP contribution >= 0.6 is 15.9 Å². The fourth-order valence-electron chi connectivity index (χ4n) is 2.31. The van der Waals surface area contributed by atoms with Crippen molar-refractivity contribution < 1.29 is 9.66 Å². The summed E-state index contributed by atoms with van der Waals surface area (Å²) in [5, 5.41) is 11.0. The van der Waals surface area contributed by atoms with Crippen LogP contribution in [0, 0.1) is 22.5 Å². The fourth-order valence-corrected chi connectivity index (χ4v) is 3.26. The zero-order chi connectivity index (χ0) is 14.2. The lowest BCUT2D eigenvalue weighted by atomic mass is 9.65. The molecule has 0 spiro atoms. The quantitative estimate of drug-likeness (QED) is 0.481. The van der Waals surface area contributed by atoms with E-state index >= 15 is 0 Å². The number of hydrogen-bond donors (Lipinski definition) is 0. The molecule has 104 valence electrons. The Morgan fingerprint density at radius 1 is 1.63 bits per heavy atom. The van der Waals surface area contributed by atoms with Crippen LogP contribution in [-0.4, -0.2) is 20.8 Å². The molecule has 0 amide bonds. The van der Waals surface area contributed by atoms with Gasteiger partial charge in [-0.25, -0.2) is 0 Å². The van der Waals surface area contributed by atoms with E-state index < -0.39 is 4.92 Å². The van der Waals surface area contributed by atoms with Gasteiger partial charge in [-0.3, -0.25) is 0 Å². The maximum absolute atomic E-state index is 11.0. The van der Waals surface area contributed by atoms with Crippen molar-refractivity contribution in [2.24, 2.45) is 5.41 Å². The van der Waals surface area contributed by atoms with E-state index in [0.29, 0.717) is 10.5 Å². The van der Waals surface area contributed by atoms with Gasteiger partial charge in [-0.15, -0.1) is 0 Å². The van der Waals surface area contributed by atoms with E-state index in [9.17, 15) is 10.1 Å². The lowest BCUT2D eigenvalue weighted by Gasteiger charge is -2.50. The average molecular weight is 329 g/mol. The molecule has 5 nitrogen and oxygen atoms in total. The molecule has 1 fully saturated rings. The first-order valence-electron chi connectivity index (χ1n) is 6.31. The molecular weight excluding hydrogens is 312 g/mol. The Kier molecular flexibility index (Phi) is 3.80. The number of aromatic nitrogens is 1. The summed E-state index contributed by atoms with van der Waals surface area (Å²) < 4.78 is 5.84. The van der Waals surface area contributed by atoms with E-state index in [0.717, 1.165) is 12.8 Å². The Morgan fingerprint density at radius 3 is 2.84 bits per heavy atom. The third kappa shape index (κ3) is 2.45. The first-order chi connectivity index (χ1) is 8.88. The first-order valence-corrected chi connectivity index (χ1v) is 7.22. The highest BCUT2D eigenvalue weighted by Crippen LogP contribution is 2.50. The van der Waals surface area contributed by atoms with Gasteiger partial charge < -0.3 is 14.9 Å². The van der Waals surface area contributed by atoms with Crippen molar-refractivity contribution in [3.63, 3.8) is 0 Å². The highest BCUT2D eigenvalue weighted by molar-refractivity contribution is 9.09. The Balaban J connectivity index is 2.23. The van der Waals surface area contributed by atoms with E-state index in [1.54, 1.807) is 19.1 Å². The lowest BCUT2D eigenvalue weighted by Crippen LogP contribution is -2.54. The second-order valence-corrected chi connectivity index (χ2v) is 6.31. The number of alkyl halides is 1. The molecule has 1 aliphatic rings. The third-order valence-corrected chi connectivity index (χ3v) is 5.47. The summed E-state index contributed by atoms with van der Waals surface area (Å²) in [4.78, 5) is 14.9. The number of pyridine rings is 1. The van der Waals surface area contributed by atoms with Crippen LogP contribution in [0.3, 0.4) is 0 Å². The minimum atomic E-state index is -0.490. The molecule has 0 bridgehead atoms. The van der Waals surface area contributed by atoms with Crippen LogP contribution in [0.1, 0.15) is 32.4 Å². The van der Waals surface area contributed by atoms with Gasteiger partial charge in [0.15, 0.2) is 0 Å². The molecule has 1 aliphatic carbocycles. The first kappa shape index (κ1) is 14.2. The van der Waals surface area contributed by atoms with Gasteiger partial charge in [0.1, 0.15) is 11.8 Å². The summed E-state index contributed by atoms with van der Waals surface area (Å²) in [6.07, 6.45) is 1.81. The summed E-state index contributed by atoms with van der Waals surface area (Å²) in [5.74, 6) is 0.0659. The van der Waals surface area contributed by atoms with E-state index in [4.69, 9.17) is 4.74 Å². The number of rotatable bonds is 4. The highest BCUT2D eigenvalue weighted by atomic mass is 79.9. The molecule has 6 heteroatoms. The van der Waals surface area contributed by atoms with E-state index in [-0.39, 0.29) is 23.1 Å². The smallest absolute Gasteiger partial charge is 0.406 e. The number of hydrogen-bond acceptors (Lipinski definition) is 4. The molecule has 0 aromatic carbocycles. The van der Waals surface area contributed by atoms with Gasteiger partial charge in [-0.2, -0.15) is 0 Å². The zero-order valence-corrected chi connectivity index (χ0v) is 12.8. The van der Waals surface area contributed by atoms with Crippen molar-refractivity contribution in [1.82, 2.24) is 4.98 Å². The Morgan fingerprint density at radius 2 is 2.32 bits per heavy atom. The van der Waals surface area contributed by atoms with Crippen LogP contribution in [-0.2, 0) is 0 Å². The highest BCUT2D eigenvalue weighted by Gasteiger charge is 2.51. The molecular formula is C13H17BrN2O3. The Labute approximate surface area is 120 Å². The topological polar surface area (TPSA) is 65.3 Å². The second kappa shape index (κ2) is 5.07. The lowest BCUT2D eigenvalue weighted by molar-refractivity contribution is -0.391. The molecule has 19 heavy (non-hydrogen) atoms. The molecule has 0 radical (unpaired) electrons. The fraction of sp³-hybridized carbons (Fsp3) is 0.615. The molecule has 0 N–H and O–H groups in total. The van der Waals surface area contributed by atoms with Crippen LogP contribution in [0.25, 0.3) is 0 Å². The number of nitrogens with zero attached hydrogens (tertiary/aromatic N) is 2. The SMILES string of the molecule is CCC1(C)C(Br)CC1Oc1ccc(C)nc1[N+](=O)[O-]. The number of aryl methyl sites for hydroxylation is 1. The predicted molar refractivity (Wildman–Crippen MR) is 75.8 cm³/mol. The van der Waals surface area contributed by atoms with Crippen molar-refractivity contribution in [1.29, 1.82) is 0 Å². The van der Waals surface area contributed by atoms with Crippen molar-refractivity contribution in [2.45, 2.75) is 44.5 Å². The van der Waals surface area contributed by atoms with Crippen molar-refractivity contribution in [3.8, 4) is 5.75 Å². The average Bonchev–Trinajstić information content (AvgIpc) is 2.38. The number of halogens is 1. The Bertz CT molecular complexity index is 509. The van der Waals surface area contributed by atoms with Gasteiger partial charge in [-0.1, -0.05) is 29.8 Å². The molecule has 1 heterocycles. The summed E-state index contributed by atoms with van der Waals surface area (Å²) in [5.41, 5.74) is 0.628. The maximum atomic E-state index is 11.0. The van der Waals surface area contributed by atoms with Crippen LogP contribution in [0.4, 0.5) is 5.82 Å². The van der Waals surface area contributed by atoms with Crippen LogP contribution in [0.2, 0.25) is 0 Å². The zero-order valence-electron chi connectivity index (χ0n) is 11.2. The van der Waals surface area contributed by atoms with E-state index in [2.05, 4.69) is 34.8 Å². The predicted octanol–water partition coefficient (Wildman–Crippen LogP) is 3.63. The van der Waals surface area contributed by atoms with Gasteiger partial charge in [0.25, 0.3) is 0 Å². The molecule has 1 aromatic rings. The maximum Gasteiger partial charge on any atom is 0.406 e. The van der Waals surface area contributed by atoms with E-state index in [1.165, 1.54) is 0 Å². The van der Waals surface area contributed by atoms with Gasteiger partial charge in [0.2, 0.25) is 5.75 Å². The van der Waals surface area contributed by atoms with Gasteiger partial charge in [0.05, 0.1) is 0 Å². The van der Waals surface area contributed by atoms with E-state index in [1.807, 2.05) is 0 Å². The molecule has 2 rings (SSSR count). The molecule has 3 unspecified atom stereocenters. The Hall–Kier alpha value is -1.17. The number of ether oxygens (including phenoxy) is 1. The normalized spacial score (nSPS) is 29.7. The van der Waals surface area contributed by atoms with Gasteiger partial charge >= 0.3 is 5.82 Å². The third-order valence-electron chi connectivity index (χ3n) is 4.05. The monoisotopic (exact) mass is 328 g/mol. The largest absolute Gasteiger partial charge is 0.482 e.